The van der Waals surface area contributed by atoms with Gasteiger partial charge in [0, 0.05) is 12.3 Å². The number of H-pyrrole nitrogens is 1. The van der Waals surface area contributed by atoms with E-state index in [1.165, 1.54) is 6.20 Å². The zero-order valence-corrected chi connectivity index (χ0v) is 7.27. The summed E-state index contributed by atoms with van der Waals surface area (Å²) in [5, 5.41) is 0. The Labute approximate surface area is 73.7 Å². The Morgan fingerprint density at radius 3 is 2.38 bits per heavy atom. The average Bonchev–Trinajstić information content (AvgIpc) is 2.32. The van der Waals surface area contributed by atoms with Crippen molar-refractivity contribution in [1.82, 2.24) is 4.98 Å². The second-order valence-corrected chi connectivity index (χ2v) is 2.91. The molecule has 0 aliphatic rings. The van der Waals surface area contributed by atoms with E-state index in [0.717, 1.165) is 6.07 Å². The van der Waals surface area contributed by atoms with Gasteiger partial charge in [0.05, 0.1) is 6.10 Å². The smallest absolute Gasteiger partial charge is 0.431 e. The van der Waals surface area contributed by atoms with Crippen LogP contribution in [0.4, 0.5) is 13.2 Å². The molecule has 0 saturated heterocycles. The van der Waals surface area contributed by atoms with Crippen LogP contribution in [0.1, 0.15) is 19.5 Å². The molecule has 2 nitrogen and oxygen atoms in total. The lowest BCUT2D eigenvalue weighted by Gasteiger charge is -2.06. The van der Waals surface area contributed by atoms with E-state index in [1.807, 2.05) is 0 Å². The lowest BCUT2D eigenvalue weighted by atomic mass is 10.4. The summed E-state index contributed by atoms with van der Waals surface area (Å²) in [7, 11) is 0. The van der Waals surface area contributed by atoms with Crippen LogP contribution in [-0.2, 0) is 6.18 Å². The summed E-state index contributed by atoms with van der Waals surface area (Å²) < 4.78 is 41.2. The van der Waals surface area contributed by atoms with E-state index in [4.69, 9.17) is 4.74 Å². The van der Waals surface area contributed by atoms with Gasteiger partial charge in [-0.15, -0.1) is 0 Å². The summed E-state index contributed by atoms with van der Waals surface area (Å²) in [6.07, 6.45) is -3.27. The molecule has 0 bridgehead atoms. The van der Waals surface area contributed by atoms with Crippen LogP contribution in [0.5, 0.6) is 5.75 Å². The Balaban J connectivity index is 2.75. The number of ether oxygens (including phenoxy) is 1. The van der Waals surface area contributed by atoms with E-state index < -0.39 is 11.9 Å². The lowest BCUT2D eigenvalue weighted by molar-refractivity contribution is -0.140. The van der Waals surface area contributed by atoms with Crippen LogP contribution in [0.2, 0.25) is 0 Å². The van der Waals surface area contributed by atoms with Crippen LogP contribution >= 0.6 is 0 Å². The van der Waals surface area contributed by atoms with E-state index in [9.17, 15) is 13.2 Å². The van der Waals surface area contributed by atoms with Crippen molar-refractivity contribution < 1.29 is 17.9 Å². The van der Waals surface area contributed by atoms with Gasteiger partial charge in [-0.25, -0.2) is 0 Å². The van der Waals surface area contributed by atoms with Crippen molar-refractivity contribution in [3.05, 3.63) is 18.0 Å². The van der Waals surface area contributed by atoms with Gasteiger partial charge in [-0.2, -0.15) is 13.2 Å². The van der Waals surface area contributed by atoms with Gasteiger partial charge < -0.3 is 9.72 Å². The summed E-state index contributed by atoms with van der Waals surface area (Å²) in [4.78, 5) is 2.10. The van der Waals surface area contributed by atoms with E-state index >= 15 is 0 Å². The molecule has 0 spiro atoms. The molecule has 0 aliphatic carbocycles. The number of aromatic nitrogens is 1. The molecule has 0 amide bonds. The maximum atomic E-state index is 12.1. The molecule has 0 unspecified atom stereocenters. The van der Waals surface area contributed by atoms with E-state index in [1.54, 1.807) is 13.8 Å². The quantitative estimate of drug-likeness (QED) is 0.767. The van der Waals surface area contributed by atoms with Crippen molar-refractivity contribution in [2.24, 2.45) is 0 Å². The van der Waals surface area contributed by atoms with Gasteiger partial charge in [0.15, 0.2) is 0 Å². The molecule has 1 N–H and O–H groups in total. The monoisotopic (exact) mass is 193 g/mol. The Morgan fingerprint density at radius 2 is 2.00 bits per heavy atom. The molecular weight excluding hydrogens is 183 g/mol. The van der Waals surface area contributed by atoms with Crippen LogP contribution in [0, 0.1) is 0 Å². The summed E-state index contributed by atoms with van der Waals surface area (Å²) in [5.74, 6) is 0.210. The zero-order valence-electron chi connectivity index (χ0n) is 7.27. The Kier molecular flexibility index (Phi) is 2.54. The number of halogens is 3. The molecule has 0 aliphatic heterocycles. The molecule has 1 rings (SSSR count). The predicted octanol–water partition coefficient (Wildman–Crippen LogP) is 2.82. The Hall–Kier alpha value is -1.13. The van der Waals surface area contributed by atoms with E-state index in [0.29, 0.717) is 0 Å². The first-order valence-electron chi connectivity index (χ1n) is 3.82. The molecule has 0 fully saturated rings. The van der Waals surface area contributed by atoms with Crippen molar-refractivity contribution in [3.8, 4) is 5.75 Å². The first kappa shape index (κ1) is 9.95. The van der Waals surface area contributed by atoms with Crippen LogP contribution in [0.3, 0.4) is 0 Å². The maximum absolute atomic E-state index is 12.1. The molecule has 0 saturated carbocycles. The highest BCUT2D eigenvalue weighted by Gasteiger charge is 2.32. The summed E-state index contributed by atoms with van der Waals surface area (Å²) in [6, 6.07) is 0.944. The summed E-state index contributed by atoms with van der Waals surface area (Å²) in [5.41, 5.74) is -0.789. The fourth-order valence-electron chi connectivity index (χ4n) is 0.878. The summed E-state index contributed by atoms with van der Waals surface area (Å²) >= 11 is 0. The molecular formula is C8H10F3NO. The average molecular weight is 193 g/mol. The topological polar surface area (TPSA) is 25.0 Å². The van der Waals surface area contributed by atoms with Gasteiger partial charge >= 0.3 is 6.18 Å². The number of aromatic amines is 1. The minimum absolute atomic E-state index is 0.128. The molecule has 5 heteroatoms. The third-order valence-corrected chi connectivity index (χ3v) is 1.33. The number of hydrogen-bond acceptors (Lipinski definition) is 1. The van der Waals surface area contributed by atoms with E-state index in [2.05, 4.69) is 4.98 Å². The number of rotatable bonds is 2. The maximum Gasteiger partial charge on any atom is 0.431 e. The molecule has 0 atom stereocenters. The SMILES string of the molecule is CC(C)Oc1c[nH]c(C(F)(F)F)c1. The van der Waals surface area contributed by atoms with Crippen molar-refractivity contribution in [1.29, 1.82) is 0 Å². The fourth-order valence-corrected chi connectivity index (χ4v) is 0.878. The Morgan fingerprint density at radius 1 is 1.38 bits per heavy atom. The predicted molar refractivity (Wildman–Crippen MR) is 41.6 cm³/mol. The van der Waals surface area contributed by atoms with Gasteiger partial charge in [-0.1, -0.05) is 0 Å². The summed E-state index contributed by atoms with van der Waals surface area (Å²) in [6.45, 7) is 3.50. The van der Waals surface area contributed by atoms with Gasteiger partial charge in [0.2, 0.25) is 0 Å². The molecule has 0 aromatic carbocycles. The molecule has 13 heavy (non-hydrogen) atoms. The van der Waals surface area contributed by atoms with Gasteiger partial charge in [-0.3, -0.25) is 0 Å². The van der Waals surface area contributed by atoms with Crippen molar-refractivity contribution in [2.45, 2.75) is 26.1 Å². The number of alkyl halides is 3. The van der Waals surface area contributed by atoms with Gasteiger partial charge in [-0.05, 0) is 13.8 Å². The molecule has 1 aromatic heterocycles. The highest BCUT2D eigenvalue weighted by molar-refractivity contribution is 5.24. The van der Waals surface area contributed by atoms with Crippen LogP contribution in [0.15, 0.2) is 12.3 Å². The minimum atomic E-state index is -4.33. The fraction of sp³-hybridized carbons (Fsp3) is 0.500. The van der Waals surface area contributed by atoms with Crippen molar-refractivity contribution >= 4 is 0 Å². The van der Waals surface area contributed by atoms with Crippen molar-refractivity contribution in [3.63, 3.8) is 0 Å². The van der Waals surface area contributed by atoms with Crippen LogP contribution in [0.25, 0.3) is 0 Å². The zero-order chi connectivity index (χ0) is 10.1. The van der Waals surface area contributed by atoms with Gasteiger partial charge in [0.1, 0.15) is 11.4 Å². The second-order valence-electron chi connectivity index (χ2n) is 2.91. The number of nitrogens with one attached hydrogen (secondary N) is 1. The van der Waals surface area contributed by atoms with Gasteiger partial charge in [0.25, 0.3) is 0 Å². The first-order valence-corrected chi connectivity index (χ1v) is 3.82. The molecule has 1 heterocycles. The standard InChI is InChI=1S/C8H10F3NO/c1-5(2)13-6-3-7(12-4-6)8(9,10)11/h3-5,12H,1-2H3. The van der Waals surface area contributed by atoms with Crippen LogP contribution < -0.4 is 4.74 Å². The third-order valence-electron chi connectivity index (χ3n) is 1.33. The van der Waals surface area contributed by atoms with E-state index in [-0.39, 0.29) is 11.9 Å². The van der Waals surface area contributed by atoms with Crippen LogP contribution in [-0.4, -0.2) is 11.1 Å². The normalized spacial score (nSPS) is 12.2. The van der Waals surface area contributed by atoms with Crippen molar-refractivity contribution in [2.75, 3.05) is 0 Å². The minimum Gasteiger partial charge on any atom is -0.489 e. The Bertz CT molecular complexity index is 277. The highest BCUT2D eigenvalue weighted by atomic mass is 19.4. The third kappa shape index (κ3) is 2.68. The number of hydrogen-bond donors (Lipinski definition) is 1. The largest absolute Gasteiger partial charge is 0.489 e. The lowest BCUT2D eigenvalue weighted by Crippen LogP contribution is -2.05. The molecule has 74 valence electrons. The second kappa shape index (κ2) is 3.32. The first-order chi connectivity index (χ1) is 5.89. The highest BCUT2D eigenvalue weighted by Crippen LogP contribution is 2.30. The molecule has 1 aromatic rings. The molecule has 0 radical (unpaired) electrons.